The van der Waals surface area contributed by atoms with Crippen molar-refractivity contribution in [2.45, 2.75) is 12.5 Å². The van der Waals surface area contributed by atoms with Crippen LogP contribution in [0.25, 0.3) is 0 Å². The predicted molar refractivity (Wildman–Crippen MR) is 68.1 cm³/mol. The fraction of sp³-hybridized carbons (Fsp3) is 0.231. The number of nitrogens with zero attached hydrogens (tertiary/aromatic N) is 1. The predicted octanol–water partition coefficient (Wildman–Crippen LogP) is 1.44. The Bertz CT molecular complexity index is 482. The number of nitrogens with one attached hydrogen (secondary N) is 2. The Labute approximate surface area is 105 Å². The summed E-state index contributed by atoms with van der Waals surface area (Å²) < 4.78 is 4.66. The molecule has 0 aliphatic heterocycles. The maximum absolute atomic E-state index is 12.0. The first-order valence-corrected chi connectivity index (χ1v) is 5.72. The maximum Gasteiger partial charge on any atom is 0.243 e. The summed E-state index contributed by atoms with van der Waals surface area (Å²) in [5.41, 5.74) is 1.10. The van der Waals surface area contributed by atoms with Gasteiger partial charge in [-0.2, -0.15) is 0 Å². The van der Waals surface area contributed by atoms with Crippen molar-refractivity contribution in [1.29, 1.82) is 0 Å². The summed E-state index contributed by atoms with van der Waals surface area (Å²) in [6.07, 6.45) is 2.04. The van der Waals surface area contributed by atoms with E-state index < -0.39 is 0 Å². The molecule has 1 aromatic carbocycles. The first-order valence-electron chi connectivity index (χ1n) is 5.72. The van der Waals surface area contributed by atoms with E-state index in [-0.39, 0.29) is 11.9 Å². The molecular weight excluding hydrogens is 230 g/mol. The summed E-state index contributed by atoms with van der Waals surface area (Å²) in [6, 6.07) is 11.2. The number of carbonyl (C=O) groups is 1. The highest BCUT2D eigenvalue weighted by molar-refractivity contribution is 5.94. The van der Waals surface area contributed by atoms with Gasteiger partial charge in [0.2, 0.25) is 5.91 Å². The van der Waals surface area contributed by atoms with Crippen molar-refractivity contribution in [1.82, 2.24) is 10.5 Å². The Morgan fingerprint density at radius 3 is 2.72 bits per heavy atom. The molecule has 0 saturated heterocycles. The molecule has 1 unspecified atom stereocenters. The Morgan fingerprint density at radius 1 is 1.33 bits per heavy atom. The van der Waals surface area contributed by atoms with Crippen LogP contribution in [0.15, 0.2) is 47.2 Å². The number of hydrogen-bond donors (Lipinski definition) is 2. The Hall–Kier alpha value is -2.14. The molecule has 0 saturated carbocycles. The summed E-state index contributed by atoms with van der Waals surface area (Å²) >= 11 is 0. The summed E-state index contributed by atoms with van der Waals surface area (Å²) in [5, 5.41) is 9.32. The van der Waals surface area contributed by atoms with E-state index in [2.05, 4.69) is 20.3 Å². The molecule has 0 aliphatic carbocycles. The molecule has 2 N–H and O–H groups in total. The first-order chi connectivity index (χ1) is 8.79. The number of aromatic nitrogens is 1. The highest BCUT2D eigenvalue weighted by atomic mass is 16.5. The normalized spacial score (nSPS) is 12.1. The molecule has 94 valence electrons. The van der Waals surface area contributed by atoms with Gasteiger partial charge in [-0.25, -0.2) is 0 Å². The minimum atomic E-state index is -0.302. The highest BCUT2D eigenvalue weighted by Crippen LogP contribution is 2.06. The number of benzene rings is 1. The lowest BCUT2D eigenvalue weighted by atomic mass is 10.1. The zero-order valence-electron chi connectivity index (χ0n) is 10.1. The lowest BCUT2D eigenvalue weighted by Crippen LogP contribution is -2.40. The van der Waals surface area contributed by atoms with Crippen LogP contribution in [0.4, 0.5) is 5.82 Å². The van der Waals surface area contributed by atoms with Crippen molar-refractivity contribution in [2.75, 3.05) is 12.4 Å². The molecule has 0 bridgehead atoms. The van der Waals surface area contributed by atoms with Gasteiger partial charge >= 0.3 is 0 Å². The number of likely N-dealkylation sites (N-methyl/N-ethyl adjacent to an activating group) is 1. The number of rotatable bonds is 5. The molecule has 2 aromatic rings. The van der Waals surface area contributed by atoms with Gasteiger partial charge in [0.1, 0.15) is 6.26 Å². The number of anilines is 1. The second kappa shape index (κ2) is 5.97. The van der Waals surface area contributed by atoms with Gasteiger partial charge in [0.05, 0.1) is 6.04 Å². The Morgan fingerprint density at radius 2 is 2.11 bits per heavy atom. The van der Waals surface area contributed by atoms with Gasteiger partial charge in [-0.3, -0.25) is 4.79 Å². The van der Waals surface area contributed by atoms with Gasteiger partial charge in [-0.15, -0.1) is 0 Å². The van der Waals surface area contributed by atoms with E-state index in [1.807, 2.05) is 30.3 Å². The van der Waals surface area contributed by atoms with Gasteiger partial charge < -0.3 is 15.2 Å². The van der Waals surface area contributed by atoms with Crippen molar-refractivity contribution in [3.8, 4) is 0 Å². The van der Waals surface area contributed by atoms with E-state index in [9.17, 15) is 4.79 Å². The molecule has 5 nitrogen and oxygen atoms in total. The summed E-state index contributed by atoms with van der Waals surface area (Å²) in [6.45, 7) is 0. The second-order valence-corrected chi connectivity index (χ2v) is 3.90. The van der Waals surface area contributed by atoms with Crippen LogP contribution in [0.1, 0.15) is 5.56 Å². The minimum absolute atomic E-state index is 0.129. The number of amides is 1. The molecule has 0 aliphatic rings. The van der Waals surface area contributed by atoms with Crippen molar-refractivity contribution in [2.24, 2.45) is 0 Å². The molecule has 1 heterocycles. The van der Waals surface area contributed by atoms with Crippen LogP contribution < -0.4 is 10.6 Å². The van der Waals surface area contributed by atoms with Gasteiger partial charge in [-0.1, -0.05) is 35.5 Å². The molecule has 0 spiro atoms. The van der Waals surface area contributed by atoms with E-state index in [4.69, 9.17) is 0 Å². The molecule has 0 radical (unpaired) electrons. The average molecular weight is 245 g/mol. The summed E-state index contributed by atoms with van der Waals surface area (Å²) in [7, 11) is 1.76. The zero-order valence-corrected chi connectivity index (χ0v) is 10.1. The lowest BCUT2D eigenvalue weighted by molar-refractivity contribution is -0.118. The third kappa shape index (κ3) is 3.18. The molecule has 1 aromatic heterocycles. The van der Waals surface area contributed by atoms with E-state index >= 15 is 0 Å². The number of carbonyl (C=O) groups excluding carboxylic acids is 1. The van der Waals surface area contributed by atoms with Crippen molar-refractivity contribution in [3.05, 3.63) is 48.2 Å². The highest BCUT2D eigenvalue weighted by Gasteiger charge is 2.17. The minimum Gasteiger partial charge on any atom is -0.363 e. The standard InChI is InChI=1S/C13H15N3O2/c1-14-11(9-10-5-3-2-4-6-10)13(17)15-12-7-8-18-16-12/h2-8,11,14H,9H2,1H3,(H,15,16,17). The van der Waals surface area contributed by atoms with Crippen molar-refractivity contribution in [3.63, 3.8) is 0 Å². The fourth-order valence-electron chi connectivity index (χ4n) is 1.67. The largest absolute Gasteiger partial charge is 0.363 e. The number of hydrogen-bond acceptors (Lipinski definition) is 4. The van der Waals surface area contributed by atoms with E-state index in [0.29, 0.717) is 12.2 Å². The maximum atomic E-state index is 12.0. The molecule has 18 heavy (non-hydrogen) atoms. The third-order valence-electron chi connectivity index (χ3n) is 2.64. The van der Waals surface area contributed by atoms with Crippen LogP contribution in [0.5, 0.6) is 0 Å². The van der Waals surface area contributed by atoms with Gasteiger partial charge in [0, 0.05) is 6.07 Å². The Kier molecular flexibility index (Phi) is 4.09. The Balaban J connectivity index is 1.98. The smallest absolute Gasteiger partial charge is 0.243 e. The lowest BCUT2D eigenvalue weighted by Gasteiger charge is -2.14. The molecule has 1 atom stereocenters. The van der Waals surface area contributed by atoms with Crippen LogP contribution in [0.3, 0.4) is 0 Å². The van der Waals surface area contributed by atoms with E-state index in [0.717, 1.165) is 5.56 Å². The fourth-order valence-corrected chi connectivity index (χ4v) is 1.67. The quantitative estimate of drug-likeness (QED) is 0.836. The molecule has 0 fully saturated rings. The molecule has 5 heteroatoms. The van der Waals surface area contributed by atoms with E-state index in [1.165, 1.54) is 6.26 Å². The second-order valence-electron chi connectivity index (χ2n) is 3.90. The van der Waals surface area contributed by atoms with Gasteiger partial charge in [0.25, 0.3) is 0 Å². The molecule has 1 amide bonds. The zero-order chi connectivity index (χ0) is 12.8. The third-order valence-corrected chi connectivity index (χ3v) is 2.64. The van der Waals surface area contributed by atoms with Gasteiger partial charge in [0.15, 0.2) is 5.82 Å². The van der Waals surface area contributed by atoms with Crippen LogP contribution >= 0.6 is 0 Å². The summed E-state index contributed by atoms with van der Waals surface area (Å²) in [4.78, 5) is 12.0. The van der Waals surface area contributed by atoms with Crippen LogP contribution in [-0.2, 0) is 11.2 Å². The summed E-state index contributed by atoms with van der Waals surface area (Å²) in [5.74, 6) is 0.295. The SMILES string of the molecule is CNC(Cc1ccccc1)C(=O)Nc1ccon1. The average Bonchev–Trinajstić information content (AvgIpc) is 2.90. The molecular formula is C13H15N3O2. The van der Waals surface area contributed by atoms with Crippen LogP contribution in [0, 0.1) is 0 Å². The van der Waals surface area contributed by atoms with Crippen LogP contribution in [-0.4, -0.2) is 24.2 Å². The monoisotopic (exact) mass is 245 g/mol. The van der Waals surface area contributed by atoms with Crippen molar-refractivity contribution < 1.29 is 9.32 Å². The van der Waals surface area contributed by atoms with E-state index in [1.54, 1.807) is 13.1 Å². The van der Waals surface area contributed by atoms with Gasteiger partial charge in [-0.05, 0) is 19.0 Å². The first kappa shape index (κ1) is 12.3. The molecule has 2 rings (SSSR count). The van der Waals surface area contributed by atoms with Crippen molar-refractivity contribution >= 4 is 11.7 Å². The topological polar surface area (TPSA) is 67.2 Å². The van der Waals surface area contributed by atoms with Crippen LogP contribution in [0.2, 0.25) is 0 Å².